The van der Waals surface area contributed by atoms with Gasteiger partial charge < -0.3 is 96.1 Å². The Kier molecular flexibility index (Phi) is 49.8. The van der Waals surface area contributed by atoms with Crippen LogP contribution in [-0.4, -0.2) is 251 Å². The van der Waals surface area contributed by atoms with E-state index in [1.54, 1.807) is 0 Å². The molecule has 0 radical (unpaired) electrons. The number of aliphatic hydroxyl groups is 2. The van der Waals surface area contributed by atoms with Crippen LogP contribution >= 0.6 is 0 Å². The first-order valence-corrected chi connectivity index (χ1v) is 35.4. The Morgan fingerprint density at radius 2 is 0.582 bits per heavy atom. The third-order valence-corrected chi connectivity index (χ3v) is 16.2. The fourth-order valence-corrected chi connectivity index (χ4v) is 10.1. The van der Waals surface area contributed by atoms with Crippen LogP contribution in [0.2, 0.25) is 0 Å². The van der Waals surface area contributed by atoms with Crippen LogP contribution in [0.15, 0.2) is 0 Å². The summed E-state index contributed by atoms with van der Waals surface area (Å²) in [5.41, 5.74) is 0. The zero-order valence-corrected chi connectivity index (χ0v) is 60.3. The molecule has 0 aromatic carbocycles. The highest BCUT2D eigenvalue weighted by Gasteiger charge is 2.25. The van der Waals surface area contributed by atoms with Crippen LogP contribution in [0.3, 0.4) is 0 Å². The van der Waals surface area contributed by atoms with E-state index >= 15 is 0 Å². The summed E-state index contributed by atoms with van der Waals surface area (Å²) in [6.45, 7) is 41.9. The Bertz CT molecular complexity index is 1680. The van der Waals surface area contributed by atoms with E-state index in [9.17, 15) is 9.90 Å². The Morgan fingerprint density at radius 3 is 0.846 bits per heavy atom. The number of hydrogen-bond acceptors (Lipinski definition) is 20. The van der Waals surface area contributed by atoms with Crippen LogP contribution in [0.1, 0.15) is 195 Å². The number of ether oxygens (including phenoxy) is 17. The molecule has 0 heterocycles. The second-order valence-electron chi connectivity index (χ2n) is 27.3. The molecule has 0 saturated heterocycles. The first-order chi connectivity index (χ1) is 43.4. The molecule has 3 N–H and O–H groups in total. The van der Waals surface area contributed by atoms with Gasteiger partial charge in [0.25, 0.3) is 0 Å². The Balaban J connectivity index is 1.46. The summed E-state index contributed by atoms with van der Waals surface area (Å²) in [5.74, 6) is 1.39. The fourth-order valence-electron chi connectivity index (χ4n) is 10.1. The van der Waals surface area contributed by atoms with Gasteiger partial charge >= 0.3 is 0 Å². The average Bonchev–Trinajstić information content (AvgIpc) is 3.75. The molecule has 0 bridgehead atoms. The predicted octanol–water partition coefficient (Wildman–Crippen LogP) is 9.90. The van der Waals surface area contributed by atoms with E-state index in [0.29, 0.717) is 137 Å². The number of carbonyl (C=O) groups is 1. The summed E-state index contributed by atoms with van der Waals surface area (Å²) in [6, 6.07) is -0.00153. The molecular formula is C70H137NO20. The topological polar surface area (TPSA) is 226 Å². The molecule has 18 unspecified atom stereocenters. The maximum atomic E-state index is 13.1. The maximum absolute atomic E-state index is 13.1. The lowest BCUT2D eigenvalue weighted by Crippen LogP contribution is -2.41. The molecule has 0 spiro atoms. The van der Waals surface area contributed by atoms with Crippen molar-refractivity contribution in [3.63, 3.8) is 0 Å². The zero-order valence-electron chi connectivity index (χ0n) is 60.3. The normalized spacial score (nSPS) is 22.1. The Hall–Kier alpha value is -1.29. The monoisotopic (exact) mass is 1310 g/mol. The number of hydrogen-bond donors (Lipinski definition) is 3. The van der Waals surface area contributed by atoms with E-state index in [0.717, 1.165) is 38.5 Å². The van der Waals surface area contributed by atoms with Crippen molar-refractivity contribution in [1.82, 2.24) is 5.32 Å². The third kappa shape index (κ3) is 48.1. The number of aliphatic hydroxyl groups excluding tert-OH is 2. The SMILES string of the molecule is CC(CO)COCC(C)OCC(C)OCC(C)OCC(C)OCC(C)OCC(C)OCC(C)OCC(C)OCC(C)OCC(C)OCC(C)OCC(C)OCC(C)OCC(C)OCC(C)OCC(C)OCC(CC1CCCCC1)NC(=O)CCC1CCC(O)CC1. The van der Waals surface area contributed by atoms with Crippen LogP contribution in [0.4, 0.5) is 0 Å². The van der Waals surface area contributed by atoms with E-state index < -0.39 is 0 Å². The van der Waals surface area contributed by atoms with Crippen molar-refractivity contribution in [1.29, 1.82) is 0 Å². The molecule has 542 valence electrons. The number of amides is 1. The molecule has 91 heavy (non-hydrogen) atoms. The maximum Gasteiger partial charge on any atom is 0.220 e. The van der Waals surface area contributed by atoms with Gasteiger partial charge in [-0.25, -0.2) is 0 Å². The summed E-state index contributed by atoms with van der Waals surface area (Å²) in [5, 5.41) is 22.3. The highest BCUT2D eigenvalue weighted by molar-refractivity contribution is 5.76. The van der Waals surface area contributed by atoms with Gasteiger partial charge in [0.05, 0.1) is 229 Å². The van der Waals surface area contributed by atoms with Gasteiger partial charge in [-0.1, -0.05) is 39.0 Å². The van der Waals surface area contributed by atoms with Crippen LogP contribution in [-0.2, 0) is 85.3 Å². The molecule has 1 amide bonds. The number of nitrogens with one attached hydrogen (secondary N) is 1. The third-order valence-electron chi connectivity index (χ3n) is 16.2. The predicted molar refractivity (Wildman–Crippen MR) is 354 cm³/mol. The zero-order chi connectivity index (χ0) is 67.3. The Morgan fingerprint density at radius 1 is 0.330 bits per heavy atom. The molecule has 18 atom stereocenters. The molecule has 2 rings (SSSR count). The standard InChI is InChI=1S/C70H137NO20/c1-49(30-72)31-75-32-50(2)76-33-51(3)77-34-52(4)78-35-53(5)79-36-54(6)80-37-55(7)81-38-56(8)82-39-57(9)83-40-58(10)84-41-59(11)85-42-60(12)86-43-61(13)87-44-62(14)88-45-63(15)89-46-64(16)90-47-65(17)91-48-68(29-67-21-19-18-20-22-67)71-70(74)28-25-66-23-26-69(73)27-24-66/h49-69,72-73H,18-48H2,1-17H3,(H,71,74). The minimum Gasteiger partial charge on any atom is -0.396 e. The molecule has 0 aromatic heterocycles. The van der Waals surface area contributed by atoms with Crippen molar-refractivity contribution in [2.75, 3.05) is 126 Å². The van der Waals surface area contributed by atoms with Gasteiger partial charge in [0.1, 0.15) is 0 Å². The Labute approximate surface area is 552 Å². The summed E-state index contributed by atoms with van der Waals surface area (Å²) >= 11 is 0. The highest BCUT2D eigenvalue weighted by atomic mass is 16.6. The number of carbonyl (C=O) groups excluding carboxylic acids is 1. The largest absolute Gasteiger partial charge is 0.396 e. The van der Waals surface area contributed by atoms with E-state index in [1.807, 2.05) is 118 Å². The van der Waals surface area contributed by atoms with Gasteiger partial charge in [0, 0.05) is 18.9 Å². The molecule has 2 aliphatic rings. The van der Waals surface area contributed by atoms with E-state index in [1.165, 1.54) is 32.1 Å². The van der Waals surface area contributed by atoms with Gasteiger partial charge in [-0.15, -0.1) is 0 Å². The van der Waals surface area contributed by atoms with Crippen molar-refractivity contribution in [3.05, 3.63) is 0 Å². The molecule has 2 fully saturated rings. The average molecular weight is 1310 g/mol. The first-order valence-electron chi connectivity index (χ1n) is 35.4. The van der Waals surface area contributed by atoms with E-state index in [4.69, 9.17) is 85.6 Å². The molecule has 2 aliphatic carbocycles. The molecule has 0 aromatic rings. The van der Waals surface area contributed by atoms with E-state index in [2.05, 4.69) is 5.32 Å². The van der Waals surface area contributed by atoms with Crippen molar-refractivity contribution in [2.45, 2.75) is 305 Å². The minimum absolute atomic E-state index is 0.00153. The lowest BCUT2D eigenvalue weighted by Gasteiger charge is -2.29. The van der Waals surface area contributed by atoms with Crippen molar-refractivity contribution >= 4 is 5.91 Å². The summed E-state index contributed by atoms with van der Waals surface area (Å²) < 4.78 is 102. The van der Waals surface area contributed by atoms with Crippen molar-refractivity contribution in [2.24, 2.45) is 17.8 Å². The van der Waals surface area contributed by atoms with Crippen LogP contribution in [0.25, 0.3) is 0 Å². The molecule has 2 saturated carbocycles. The summed E-state index contributed by atoms with van der Waals surface area (Å²) in [6.07, 6.45) is 10.5. The lowest BCUT2D eigenvalue weighted by atomic mass is 9.84. The summed E-state index contributed by atoms with van der Waals surface area (Å²) in [4.78, 5) is 13.1. The molecule has 21 nitrogen and oxygen atoms in total. The van der Waals surface area contributed by atoms with Crippen molar-refractivity contribution in [3.8, 4) is 0 Å². The van der Waals surface area contributed by atoms with Crippen LogP contribution in [0, 0.1) is 17.8 Å². The molecular weight excluding hydrogens is 1170 g/mol. The first kappa shape index (κ1) is 85.8. The van der Waals surface area contributed by atoms with Crippen molar-refractivity contribution < 1.29 is 95.5 Å². The summed E-state index contributed by atoms with van der Waals surface area (Å²) in [7, 11) is 0. The second kappa shape index (κ2) is 52.8. The minimum atomic E-state index is -0.171. The van der Waals surface area contributed by atoms with Gasteiger partial charge in [0.2, 0.25) is 5.91 Å². The molecule has 21 heteroatoms. The number of rotatable bonds is 59. The van der Waals surface area contributed by atoms with Crippen LogP contribution < -0.4 is 5.32 Å². The quantitative estimate of drug-likeness (QED) is 0.0515. The van der Waals surface area contributed by atoms with Gasteiger partial charge in [-0.05, 0) is 161 Å². The molecule has 0 aliphatic heterocycles. The van der Waals surface area contributed by atoms with Gasteiger partial charge in [0.15, 0.2) is 0 Å². The highest BCUT2D eigenvalue weighted by Crippen LogP contribution is 2.29. The van der Waals surface area contributed by atoms with Crippen LogP contribution in [0.5, 0.6) is 0 Å². The fraction of sp³-hybridized carbons (Fsp3) is 0.986. The van der Waals surface area contributed by atoms with E-state index in [-0.39, 0.29) is 128 Å². The van der Waals surface area contributed by atoms with Gasteiger partial charge in [-0.3, -0.25) is 4.79 Å². The lowest BCUT2D eigenvalue weighted by molar-refractivity contribution is -0.123. The van der Waals surface area contributed by atoms with Gasteiger partial charge in [-0.2, -0.15) is 0 Å². The smallest absolute Gasteiger partial charge is 0.220 e. The second-order valence-corrected chi connectivity index (χ2v) is 27.3.